The maximum Gasteiger partial charge on any atom is 0.257 e. The molecule has 0 aromatic heterocycles. The first kappa shape index (κ1) is 17.1. The largest absolute Gasteiger partial charge is 0.336 e. The number of hydrogen-bond acceptors (Lipinski definition) is 3. The number of halogens is 3. The molecule has 2 saturated heterocycles. The summed E-state index contributed by atoms with van der Waals surface area (Å²) in [5.74, 6) is -2.45. The standard InChI is InChI=1S/C15H19F2N3O.ClH/c16-13-3-1-2-12(14(13)17)15(21)20-8-6-19(7-9-20)11-4-5-18-10-11;/h1-3,11,18H,4-10H2;1H. The predicted molar refractivity (Wildman–Crippen MR) is 82.4 cm³/mol. The Bertz CT molecular complexity index is 530. The molecule has 1 aromatic rings. The Morgan fingerprint density at radius 2 is 1.91 bits per heavy atom. The lowest BCUT2D eigenvalue weighted by Gasteiger charge is -2.37. The molecule has 0 bridgehead atoms. The van der Waals surface area contributed by atoms with E-state index in [2.05, 4.69) is 10.2 Å². The molecule has 0 radical (unpaired) electrons. The molecule has 1 atom stereocenters. The smallest absolute Gasteiger partial charge is 0.257 e. The molecule has 4 nitrogen and oxygen atoms in total. The van der Waals surface area contributed by atoms with Crippen molar-refractivity contribution in [1.82, 2.24) is 15.1 Å². The maximum atomic E-state index is 13.7. The van der Waals surface area contributed by atoms with E-state index in [9.17, 15) is 13.6 Å². The van der Waals surface area contributed by atoms with Crippen molar-refractivity contribution in [2.24, 2.45) is 0 Å². The summed E-state index contributed by atoms with van der Waals surface area (Å²) in [6, 6.07) is 4.27. The first-order valence-corrected chi connectivity index (χ1v) is 7.35. The van der Waals surface area contributed by atoms with Crippen molar-refractivity contribution >= 4 is 18.3 Å². The van der Waals surface area contributed by atoms with E-state index in [1.165, 1.54) is 12.1 Å². The van der Waals surface area contributed by atoms with Gasteiger partial charge in [0.05, 0.1) is 5.56 Å². The normalized spacial score (nSPS) is 22.5. The van der Waals surface area contributed by atoms with Gasteiger partial charge >= 0.3 is 0 Å². The average molecular weight is 332 g/mol. The fourth-order valence-corrected chi connectivity index (χ4v) is 3.08. The second kappa shape index (κ2) is 7.35. The molecule has 0 aliphatic carbocycles. The zero-order chi connectivity index (χ0) is 14.8. The van der Waals surface area contributed by atoms with E-state index >= 15 is 0 Å². The fourth-order valence-electron chi connectivity index (χ4n) is 3.08. The second-order valence-electron chi connectivity index (χ2n) is 5.58. The van der Waals surface area contributed by atoms with Crippen molar-refractivity contribution in [1.29, 1.82) is 0 Å². The van der Waals surface area contributed by atoms with Gasteiger partial charge in [-0.05, 0) is 25.1 Å². The van der Waals surface area contributed by atoms with Gasteiger partial charge in [0.2, 0.25) is 0 Å². The molecule has 1 amide bonds. The fraction of sp³-hybridized carbons (Fsp3) is 0.533. The Hall–Kier alpha value is -1.24. The van der Waals surface area contributed by atoms with Gasteiger partial charge in [-0.15, -0.1) is 12.4 Å². The molecule has 2 heterocycles. The minimum atomic E-state index is -1.05. The van der Waals surface area contributed by atoms with Crippen LogP contribution < -0.4 is 5.32 Å². The van der Waals surface area contributed by atoms with Crippen LogP contribution in [-0.4, -0.2) is 61.0 Å². The third-order valence-electron chi connectivity index (χ3n) is 4.33. The van der Waals surface area contributed by atoms with Crippen LogP contribution in [0.25, 0.3) is 0 Å². The van der Waals surface area contributed by atoms with Crippen molar-refractivity contribution in [3.05, 3.63) is 35.4 Å². The van der Waals surface area contributed by atoms with E-state index in [-0.39, 0.29) is 18.0 Å². The Labute approximate surface area is 134 Å². The number of benzene rings is 1. The van der Waals surface area contributed by atoms with Crippen LogP contribution in [0, 0.1) is 11.6 Å². The number of carbonyl (C=O) groups is 1. The molecule has 2 aliphatic heterocycles. The quantitative estimate of drug-likeness (QED) is 0.892. The van der Waals surface area contributed by atoms with Crippen molar-refractivity contribution in [3.63, 3.8) is 0 Å². The molecule has 122 valence electrons. The molecule has 0 saturated carbocycles. The number of carbonyl (C=O) groups excluding carboxylic acids is 1. The molecular weight excluding hydrogens is 312 g/mol. The highest BCUT2D eigenvalue weighted by Crippen LogP contribution is 2.17. The minimum Gasteiger partial charge on any atom is -0.336 e. The molecule has 7 heteroatoms. The van der Waals surface area contributed by atoms with Crippen molar-refractivity contribution in [2.45, 2.75) is 12.5 Å². The van der Waals surface area contributed by atoms with Crippen LogP contribution in [0.15, 0.2) is 18.2 Å². The van der Waals surface area contributed by atoms with E-state index in [1.807, 2.05) is 0 Å². The first-order chi connectivity index (χ1) is 10.2. The van der Waals surface area contributed by atoms with Crippen molar-refractivity contribution < 1.29 is 13.6 Å². The molecular formula is C15H20ClF2N3O. The molecule has 1 N–H and O–H groups in total. The number of hydrogen-bond donors (Lipinski definition) is 1. The summed E-state index contributed by atoms with van der Waals surface area (Å²) in [5.41, 5.74) is -0.175. The third kappa shape index (κ3) is 3.39. The summed E-state index contributed by atoms with van der Waals surface area (Å²) in [7, 11) is 0. The maximum absolute atomic E-state index is 13.7. The Morgan fingerprint density at radius 1 is 1.18 bits per heavy atom. The molecule has 0 spiro atoms. The Balaban J connectivity index is 0.00000176. The lowest BCUT2D eigenvalue weighted by Crippen LogP contribution is -2.52. The van der Waals surface area contributed by atoms with Gasteiger partial charge in [0, 0.05) is 38.8 Å². The zero-order valence-corrected chi connectivity index (χ0v) is 13.0. The van der Waals surface area contributed by atoms with Crippen molar-refractivity contribution in [3.8, 4) is 0 Å². The van der Waals surface area contributed by atoms with Gasteiger partial charge in [-0.1, -0.05) is 6.07 Å². The highest BCUT2D eigenvalue weighted by molar-refractivity contribution is 5.94. The molecule has 1 unspecified atom stereocenters. The van der Waals surface area contributed by atoms with E-state index in [4.69, 9.17) is 0 Å². The lowest BCUT2D eigenvalue weighted by atomic mass is 10.1. The van der Waals surface area contributed by atoms with Crippen molar-refractivity contribution in [2.75, 3.05) is 39.3 Å². The summed E-state index contributed by atoms with van der Waals surface area (Å²) in [6.07, 6.45) is 1.13. The van der Waals surface area contributed by atoms with Gasteiger partial charge in [0.25, 0.3) is 5.91 Å². The van der Waals surface area contributed by atoms with Gasteiger partial charge in [-0.25, -0.2) is 8.78 Å². The first-order valence-electron chi connectivity index (χ1n) is 7.35. The highest BCUT2D eigenvalue weighted by atomic mass is 35.5. The van der Waals surface area contributed by atoms with E-state index in [0.717, 1.165) is 38.7 Å². The average Bonchev–Trinajstić information content (AvgIpc) is 3.04. The summed E-state index contributed by atoms with van der Waals surface area (Å²) in [5, 5.41) is 3.33. The summed E-state index contributed by atoms with van der Waals surface area (Å²) < 4.78 is 26.9. The molecule has 2 aliphatic rings. The van der Waals surface area contributed by atoms with E-state index in [1.54, 1.807) is 4.90 Å². The lowest BCUT2D eigenvalue weighted by molar-refractivity contribution is 0.0578. The van der Waals surface area contributed by atoms with Gasteiger partial charge < -0.3 is 10.2 Å². The Morgan fingerprint density at radius 3 is 2.55 bits per heavy atom. The molecule has 22 heavy (non-hydrogen) atoms. The van der Waals surface area contributed by atoms with Gasteiger partial charge in [0.15, 0.2) is 11.6 Å². The molecule has 2 fully saturated rings. The number of rotatable bonds is 2. The second-order valence-corrected chi connectivity index (χ2v) is 5.58. The van der Waals surface area contributed by atoms with Gasteiger partial charge in [0.1, 0.15) is 0 Å². The van der Waals surface area contributed by atoms with Gasteiger partial charge in [-0.2, -0.15) is 0 Å². The van der Waals surface area contributed by atoms with Crippen LogP contribution in [0.5, 0.6) is 0 Å². The Kier molecular flexibility index (Phi) is 5.72. The third-order valence-corrected chi connectivity index (χ3v) is 4.33. The summed E-state index contributed by atoms with van der Waals surface area (Å²) in [4.78, 5) is 16.3. The van der Waals surface area contributed by atoms with Crippen LogP contribution in [-0.2, 0) is 0 Å². The zero-order valence-electron chi connectivity index (χ0n) is 12.2. The topological polar surface area (TPSA) is 35.6 Å². The number of nitrogens with zero attached hydrogens (tertiary/aromatic N) is 2. The predicted octanol–water partition coefficient (Wildman–Crippen LogP) is 1.51. The van der Waals surface area contributed by atoms with Crippen LogP contribution in [0.2, 0.25) is 0 Å². The summed E-state index contributed by atoms with van der Waals surface area (Å²) >= 11 is 0. The SMILES string of the molecule is Cl.O=C(c1cccc(F)c1F)N1CCN(C2CCNC2)CC1. The van der Waals surface area contributed by atoms with Crippen LogP contribution in [0.4, 0.5) is 8.78 Å². The minimum absolute atomic E-state index is 0. The molecule has 3 rings (SSSR count). The van der Waals surface area contributed by atoms with Crippen LogP contribution in [0.3, 0.4) is 0 Å². The van der Waals surface area contributed by atoms with E-state index in [0.29, 0.717) is 19.1 Å². The number of amides is 1. The van der Waals surface area contributed by atoms with Crippen LogP contribution in [0.1, 0.15) is 16.8 Å². The molecule has 1 aromatic carbocycles. The van der Waals surface area contributed by atoms with E-state index < -0.39 is 17.5 Å². The van der Waals surface area contributed by atoms with Gasteiger partial charge in [-0.3, -0.25) is 9.69 Å². The number of nitrogens with one attached hydrogen (secondary N) is 1. The summed E-state index contributed by atoms with van der Waals surface area (Å²) in [6.45, 7) is 4.73. The highest BCUT2D eigenvalue weighted by Gasteiger charge is 2.29. The monoisotopic (exact) mass is 331 g/mol. The van der Waals surface area contributed by atoms with Crippen LogP contribution >= 0.6 is 12.4 Å². The number of piperazine rings is 1.